The summed E-state index contributed by atoms with van der Waals surface area (Å²) in [6.45, 7) is 2.90. The largest absolute Gasteiger partial charge is 0.506 e. The van der Waals surface area contributed by atoms with Gasteiger partial charge in [-0.25, -0.2) is 0 Å². The molecule has 0 aliphatic heterocycles. The van der Waals surface area contributed by atoms with Crippen LogP contribution < -0.4 is 5.32 Å². The van der Waals surface area contributed by atoms with Crippen LogP contribution in [-0.2, 0) is 0 Å². The van der Waals surface area contributed by atoms with Crippen molar-refractivity contribution >= 4 is 5.91 Å². The number of rotatable bonds is 5. The molecule has 1 fully saturated rings. The number of aromatic hydroxyl groups is 1. The van der Waals surface area contributed by atoms with Crippen molar-refractivity contribution in [3.05, 3.63) is 24.0 Å². The van der Waals surface area contributed by atoms with Crippen LogP contribution in [0, 0.1) is 5.41 Å². The van der Waals surface area contributed by atoms with Crippen LogP contribution in [0.3, 0.4) is 0 Å². The van der Waals surface area contributed by atoms with Gasteiger partial charge in [-0.1, -0.05) is 13.3 Å². The molecule has 4 nitrogen and oxygen atoms in total. The molecule has 0 spiro atoms. The van der Waals surface area contributed by atoms with Crippen LogP contribution in [-0.4, -0.2) is 22.5 Å². The molecule has 0 bridgehead atoms. The van der Waals surface area contributed by atoms with Crippen LogP contribution in [0.5, 0.6) is 5.75 Å². The lowest BCUT2D eigenvalue weighted by atomic mass is 10.0. The molecule has 4 heteroatoms. The van der Waals surface area contributed by atoms with Gasteiger partial charge in [0.25, 0.3) is 5.91 Å². The molecule has 0 radical (unpaired) electrons. The highest BCUT2D eigenvalue weighted by Gasteiger charge is 2.41. The molecule has 1 aliphatic rings. The standard InChI is InChI=1S/C13H18N2O2/c1-2-3-13(4-5-13)9-15-12(17)10-6-11(16)8-14-7-10/h6-8,16H,2-5,9H2,1H3,(H,15,17). The molecule has 1 amide bonds. The third-order valence-electron chi connectivity index (χ3n) is 3.35. The summed E-state index contributed by atoms with van der Waals surface area (Å²) in [5.41, 5.74) is 0.756. The van der Waals surface area contributed by atoms with Gasteiger partial charge >= 0.3 is 0 Å². The number of carbonyl (C=O) groups excluding carboxylic acids is 1. The number of aromatic nitrogens is 1. The minimum atomic E-state index is -0.157. The van der Waals surface area contributed by atoms with Crippen LogP contribution in [0.15, 0.2) is 18.5 Å². The number of nitrogens with zero attached hydrogens (tertiary/aromatic N) is 1. The molecule has 0 aromatic carbocycles. The lowest BCUT2D eigenvalue weighted by Crippen LogP contribution is -2.30. The first-order valence-corrected chi connectivity index (χ1v) is 6.07. The third-order valence-corrected chi connectivity index (χ3v) is 3.35. The van der Waals surface area contributed by atoms with Gasteiger partial charge in [-0.2, -0.15) is 0 Å². The van der Waals surface area contributed by atoms with Gasteiger partial charge in [-0.15, -0.1) is 0 Å². The summed E-state index contributed by atoms with van der Waals surface area (Å²) in [4.78, 5) is 15.6. The van der Waals surface area contributed by atoms with Gasteiger partial charge in [0, 0.05) is 12.7 Å². The van der Waals surface area contributed by atoms with Crippen molar-refractivity contribution in [3.8, 4) is 5.75 Å². The van der Waals surface area contributed by atoms with Crippen molar-refractivity contribution in [1.82, 2.24) is 10.3 Å². The predicted octanol–water partition coefficient (Wildman–Crippen LogP) is 2.10. The van der Waals surface area contributed by atoms with Gasteiger partial charge in [0.1, 0.15) is 5.75 Å². The summed E-state index contributed by atoms with van der Waals surface area (Å²) >= 11 is 0. The number of nitrogens with one attached hydrogen (secondary N) is 1. The van der Waals surface area contributed by atoms with Gasteiger partial charge < -0.3 is 10.4 Å². The molecule has 2 N–H and O–H groups in total. The van der Waals surface area contributed by atoms with E-state index in [1.165, 1.54) is 37.7 Å². The Morgan fingerprint density at radius 1 is 1.53 bits per heavy atom. The molecule has 0 atom stereocenters. The molecule has 1 aromatic rings. The Morgan fingerprint density at radius 3 is 2.88 bits per heavy atom. The van der Waals surface area contributed by atoms with Gasteiger partial charge in [0.05, 0.1) is 11.8 Å². The number of hydrogen-bond donors (Lipinski definition) is 2. The van der Waals surface area contributed by atoms with Crippen molar-refractivity contribution in [3.63, 3.8) is 0 Å². The average Bonchev–Trinajstić information content (AvgIpc) is 3.07. The molecule has 0 unspecified atom stereocenters. The van der Waals surface area contributed by atoms with Gasteiger partial charge in [0.15, 0.2) is 0 Å². The number of amides is 1. The van der Waals surface area contributed by atoms with E-state index in [2.05, 4.69) is 17.2 Å². The zero-order chi connectivity index (χ0) is 12.3. The highest BCUT2D eigenvalue weighted by molar-refractivity contribution is 5.94. The number of pyridine rings is 1. The second kappa shape index (κ2) is 4.73. The smallest absolute Gasteiger partial charge is 0.253 e. The van der Waals surface area contributed by atoms with Gasteiger partial charge in [-0.3, -0.25) is 9.78 Å². The van der Waals surface area contributed by atoms with Crippen LogP contribution in [0.25, 0.3) is 0 Å². The number of carbonyl (C=O) groups is 1. The Balaban J connectivity index is 1.90. The van der Waals surface area contributed by atoms with Crippen molar-refractivity contribution in [2.24, 2.45) is 5.41 Å². The van der Waals surface area contributed by atoms with E-state index in [-0.39, 0.29) is 11.7 Å². The summed E-state index contributed by atoms with van der Waals surface area (Å²) in [6, 6.07) is 1.43. The van der Waals surface area contributed by atoms with Crippen LogP contribution in [0.2, 0.25) is 0 Å². The molecular formula is C13H18N2O2. The molecule has 2 rings (SSSR count). The third kappa shape index (κ3) is 2.96. The molecule has 17 heavy (non-hydrogen) atoms. The maximum absolute atomic E-state index is 11.8. The molecule has 92 valence electrons. The van der Waals surface area contributed by atoms with Gasteiger partial charge in [0.2, 0.25) is 0 Å². The van der Waals surface area contributed by atoms with Crippen LogP contribution >= 0.6 is 0 Å². The zero-order valence-corrected chi connectivity index (χ0v) is 10.1. The van der Waals surface area contributed by atoms with E-state index in [0.29, 0.717) is 11.0 Å². The Morgan fingerprint density at radius 2 is 2.29 bits per heavy atom. The molecule has 0 saturated heterocycles. The quantitative estimate of drug-likeness (QED) is 0.820. The second-order valence-electron chi connectivity index (χ2n) is 4.86. The van der Waals surface area contributed by atoms with E-state index in [1.54, 1.807) is 0 Å². The number of hydrogen-bond acceptors (Lipinski definition) is 3. The van der Waals surface area contributed by atoms with E-state index < -0.39 is 0 Å². The maximum atomic E-state index is 11.8. The Bertz CT molecular complexity index is 414. The minimum absolute atomic E-state index is 0.0207. The monoisotopic (exact) mass is 234 g/mol. The fourth-order valence-electron chi connectivity index (χ4n) is 2.14. The first-order chi connectivity index (χ1) is 8.15. The van der Waals surface area contributed by atoms with Crippen molar-refractivity contribution < 1.29 is 9.90 Å². The summed E-state index contributed by atoms with van der Waals surface area (Å²) in [5.74, 6) is -0.136. The molecule has 1 heterocycles. The Kier molecular flexibility index (Phi) is 3.31. The average molecular weight is 234 g/mol. The van der Waals surface area contributed by atoms with Crippen molar-refractivity contribution in [1.29, 1.82) is 0 Å². The minimum Gasteiger partial charge on any atom is -0.506 e. The van der Waals surface area contributed by atoms with E-state index in [0.717, 1.165) is 13.0 Å². The summed E-state index contributed by atoms with van der Waals surface area (Å²) in [6.07, 6.45) is 7.53. The SMILES string of the molecule is CCCC1(CNC(=O)c2cncc(O)c2)CC1. The van der Waals surface area contributed by atoms with E-state index >= 15 is 0 Å². The molecule has 1 aromatic heterocycles. The van der Waals surface area contributed by atoms with Crippen LogP contribution in [0.1, 0.15) is 43.0 Å². The first kappa shape index (κ1) is 11.9. The predicted molar refractivity (Wildman–Crippen MR) is 64.8 cm³/mol. The zero-order valence-electron chi connectivity index (χ0n) is 10.1. The van der Waals surface area contributed by atoms with Crippen molar-refractivity contribution in [2.45, 2.75) is 32.6 Å². The molecule has 1 saturated carbocycles. The Hall–Kier alpha value is -1.58. The lowest BCUT2D eigenvalue weighted by molar-refractivity contribution is 0.0943. The summed E-state index contributed by atoms with van der Waals surface area (Å²) < 4.78 is 0. The second-order valence-corrected chi connectivity index (χ2v) is 4.86. The summed E-state index contributed by atoms with van der Waals surface area (Å²) in [7, 11) is 0. The highest BCUT2D eigenvalue weighted by atomic mass is 16.3. The fraction of sp³-hybridized carbons (Fsp3) is 0.538. The van der Waals surface area contributed by atoms with Crippen molar-refractivity contribution in [2.75, 3.05) is 6.54 Å². The fourth-order valence-corrected chi connectivity index (χ4v) is 2.14. The Labute approximate surface area is 101 Å². The highest BCUT2D eigenvalue weighted by Crippen LogP contribution is 2.48. The summed E-state index contributed by atoms with van der Waals surface area (Å²) in [5, 5.41) is 12.2. The van der Waals surface area contributed by atoms with Crippen LogP contribution in [0.4, 0.5) is 0 Å². The lowest BCUT2D eigenvalue weighted by Gasteiger charge is -2.14. The van der Waals surface area contributed by atoms with E-state index in [9.17, 15) is 9.90 Å². The van der Waals surface area contributed by atoms with Gasteiger partial charge in [-0.05, 0) is 30.7 Å². The molecular weight excluding hydrogens is 216 g/mol. The first-order valence-electron chi connectivity index (χ1n) is 6.07. The normalized spacial score (nSPS) is 16.5. The topological polar surface area (TPSA) is 62.2 Å². The van der Waals surface area contributed by atoms with E-state index in [4.69, 9.17) is 0 Å². The molecule has 1 aliphatic carbocycles. The van der Waals surface area contributed by atoms with E-state index in [1.807, 2.05) is 0 Å². The maximum Gasteiger partial charge on any atom is 0.253 e.